The summed E-state index contributed by atoms with van der Waals surface area (Å²) in [5.74, 6) is 3.76. The molecular formula is C48H76N8O7S5. The molecule has 2 aromatic heterocycles. The van der Waals surface area contributed by atoms with Crippen molar-refractivity contribution in [1.29, 1.82) is 0 Å². The molecule has 3 aliphatic rings. The number of nitrogens with two attached hydrogens (primary N) is 3. The average molecular weight is 1040 g/mol. The second-order valence-corrected chi connectivity index (χ2v) is 22.5. The minimum atomic E-state index is -0.148. The van der Waals surface area contributed by atoms with E-state index in [1.807, 2.05) is 27.7 Å². The largest absolute Gasteiger partial charge is 0.322 e. The van der Waals surface area contributed by atoms with E-state index in [0.717, 1.165) is 51.7 Å². The first-order valence-corrected chi connectivity index (χ1v) is 27.8. The smallest absolute Gasteiger partial charge is 0.194 e. The highest BCUT2D eigenvalue weighted by Gasteiger charge is 2.29. The van der Waals surface area contributed by atoms with Gasteiger partial charge in [0.2, 0.25) is 0 Å². The van der Waals surface area contributed by atoms with Crippen molar-refractivity contribution in [3.8, 4) is 0 Å². The molecule has 5 rings (SSSR count). The van der Waals surface area contributed by atoms with Gasteiger partial charge in [0.1, 0.15) is 29.5 Å². The molecule has 3 aliphatic heterocycles. The SMILES string of the molecule is CC(=O)[C@@H]1CSC([C@@H](N)C(C)C)=N1.CC(=O)c1csc(C(=O)C(C)C)n1.CCC(C)C(=O)c1nc(C(C)=O)cs1.CCC(C)[C@@H](N)C1=N[C@H](C(C)=O)CS1.CCC(C)[C@H](N)C1=N[C@H](C(C)=O)CS1. The normalized spacial score (nSPS) is 19.9. The molecule has 3 unspecified atom stereocenters. The van der Waals surface area contributed by atoms with E-state index >= 15 is 0 Å². The summed E-state index contributed by atoms with van der Waals surface area (Å²) in [6, 6.07) is -0.432. The van der Waals surface area contributed by atoms with E-state index in [4.69, 9.17) is 17.2 Å². The summed E-state index contributed by atoms with van der Waals surface area (Å²) in [5, 5.41) is 7.00. The Kier molecular flexibility index (Phi) is 28.9. The molecule has 0 aromatic carbocycles. The molecule has 68 heavy (non-hydrogen) atoms. The van der Waals surface area contributed by atoms with Crippen LogP contribution in [0.3, 0.4) is 0 Å². The third-order valence-electron chi connectivity index (χ3n) is 11.2. The number of rotatable bonds is 18. The molecule has 20 heteroatoms. The molecule has 0 fully saturated rings. The Bertz CT molecular complexity index is 2060. The quantitative estimate of drug-likeness (QED) is 0.118. The van der Waals surface area contributed by atoms with Crippen molar-refractivity contribution >= 4 is 114 Å². The summed E-state index contributed by atoms with van der Waals surface area (Å²) in [7, 11) is 0. The van der Waals surface area contributed by atoms with Crippen LogP contribution in [0, 0.1) is 29.6 Å². The van der Waals surface area contributed by atoms with Gasteiger partial charge in [-0.2, -0.15) is 0 Å². The van der Waals surface area contributed by atoms with Crippen molar-refractivity contribution in [2.75, 3.05) is 17.3 Å². The van der Waals surface area contributed by atoms with Crippen molar-refractivity contribution in [2.24, 2.45) is 61.8 Å². The molecule has 0 aliphatic carbocycles. The maximum absolute atomic E-state index is 11.6. The zero-order valence-corrected chi connectivity index (χ0v) is 46.7. The van der Waals surface area contributed by atoms with Crippen molar-refractivity contribution < 1.29 is 33.6 Å². The lowest BCUT2D eigenvalue weighted by atomic mass is 10.0. The number of carbonyl (C=O) groups excluding carboxylic acids is 7. The van der Waals surface area contributed by atoms with Gasteiger partial charge in [0.05, 0.1) is 33.3 Å². The van der Waals surface area contributed by atoms with Gasteiger partial charge in [-0.1, -0.05) is 82.1 Å². The number of aliphatic imine (C=N–C) groups is 3. The summed E-state index contributed by atoms with van der Waals surface area (Å²) in [5.41, 5.74) is 18.8. The second kappa shape index (κ2) is 31.3. The molecule has 2 aromatic rings. The van der Waals surface area contributed by atoms with Gasteiger partial charge in [-0.05, 0) is 44.9 Å². The lowest BCUT2D eigenvalue weighted by Gasteiger charge is -2.17. The van der Waals surface area contributed by atoms with Gasteiger partial charge in [0.15, 0.2) is 50.5 Å². The fraction of sp³-hybridized carbons (Fsp3) is 0.667. The molecule has 6 N–H and O–H groups in total. The van der Waals surface area contributed by atoms with Crippen LogP contribution in [-0.2, 0) is 14.4 Å². The second-order valence-electron chi connectivity index (χ2n) is 17.7. The number of hydrogen-bond acceptors (Lipinski definition) is 20. The number of hydrogen-bond donors (Lipinski definition) is 3. The monoisotopic (exact) mass is 1040 g/mol. The fourth-order valence-corrected chi connectivity index (χ4v) is 11.1. The zero-order valence-electron chi connectivity index (χ0n) is 42.6. The molecule has 9 atom stereocenters. The average Bonchev–Trinajstić information content (AvgIpc) is 4.16. The summed E-state index contributed by atoms with van der Waals surface area (Å²) in [6.45, 7) is 27.7. The molecule has 0 saturated carbocycles. The van der Waals surface area contributed by atoms with Crippen LogP contribution in [-0.4, -0.2) is 119 Å². The molecule has 5 heterocycles. The third-order valence-corrected chi connectivity index (χ3v) is 16.4. The summed E-state index contributed by atoms with van der Waals surface area (Å²) >= 11 is 7.37. The topological polar surface area (TPSA) is 260 Å². The number of Topliss-reactive ketones (excluding diaryl/α,β-unsaturated/α-hetero) is 7. The van der Waals surface area contributed by atoms with Crippen LogP contribution in [0.15, 0.2) is 25.7 Å². The first-order valence-electron chi connectivity index (χ1n) is 23.1. The van der Waals surface area contributed by atoms with Crippen molar-refractivity contribution in [2.45, 2.75) is 159 Å². The Hall–Kier alpha value is -3.11. The maximum Gasteiger partial charge on any atom is 0.194 e. The number of ketones is 7. The Balaban J connectivity index is 0.000000425. The molecule has 0 spiro atoms. The number of nitrogens with zero attached hydrogens (tertiary/aromatic N) is 5. The van der Waals surface area contributed by atoms with Gasteiger partial charge in [-0.3, -0.25) is 48.5 Å². The highest BCUT2D eigenvalue weighted by atomic mass is 32.2. The maximum atomic E-state index is 11.6. The van der Waals surface area contributed by atoms with Crippen molar-refractivity contribution in [1.82, 2.24) is 9.97 Å². The van der Waals surface area contributed by atoms with Crippen molar-refractivity contribution in [3.63, 3.8) is 0 Å². The number of aromatic nitrogens is 2. The van der Waals surface area contributed by atoms with E-state index in [-0.39, 0.29) is 88.6 Å². The zero-order chi connectivity index (χ0) is 52.2. The first-order chi connectivity index (χ1) is 31.7. The van der Waals surface area contributed by atoms with Crippen LogP contribution in [0.4, 0.5) is 0 Å². The van der Waals surface area contributed by atoms with Gasteiger partial charge in [0.25, 0.3) is 0 Å². The van der Waals surface area contributed by atoms with Gasteiger partial charge < -0.3 is 17.2 Å². The van der Waals surface area contributed by atoms with Crippen LogP contribution in [0.25, 0.3) is 0 Å². The van der Waals surface area contributed by atoms with E-state index in [1.54, 1.807) is 66.8 Å². The van der Waals surface area contributed by atoms with Crippen LogP contribution < -0.4 is 17.2 Å². The Morgan fingerprint density at radius 1 is 0.529 bits per heavy atom. The van der Waals surface area contributed by atoms with Gasteiger partial charge >= 0.3 is 0 Å². The van der Waals surface area contributed by atoms with Crippen LogP contribution in [0.2, 0.25) is 0 Å². The summed E-state index contributed by atoms with van der Waals surface area (Å²) in [4.78, 5) is 99.1. The summed E-state index contributed by atoms with van der Waals surface area (Å²) < 4.78 is 0. The van der Waals surface area contributed by atoms with E-state index in [0.29, 0.717) is 39.2 Å². The van der Waals surface area contributed by atoms with E-state index in [9.17, 15) is 33.6 Å². The number of carbonyl (C=O) groups is 7. The Labute approximate surface area is 425 Å². The Morgan fingerprint density at radius 2 is 0.853 bits per heavy atom. The van der Waals surface area contributed by atoms with Crippen LogP contribution >= 0.6 is 58.0 Å². The van der Waals surface area contributed by atoms with Gasteiger partial charge in [-0.25, -0.2) is 9.97 Å². The molecule has 0 bridgehead atoms. The third kappa shape index (κ3) is 20.7. The highest BCUT2D eigenvalue weighted by Crippen LogP contribution is 2.26. The van der Waals surface area contributed by atoms with Crippen molar-refractivity contribution in [3.05, 3.63) is 32.2 Å². The molecule has 0 saturated heterocycles. The molecule has 15 nitrogen and oxygen atoms in total. The molecule has 380 valence electrons. The fourth-order valence-electron chi connectivity index (χ4n) is 5.37. The first kappa shape index (κ1) is 62.9. The van der Waals surface area contributed by atoms with Gasteiger partial charge in [0, 0.05) is 53.7 Å². The molecular weight excluding hydrogens is 961 g/mol. The van der Waals surface area contributed by atoms with Crippen LogP contribution in [0.5, 0.6) is 0 Å². The molecule has 0 amide bonds. The standard InChI is InChI=1S/2C10H18N2OS.C10H13NO2S.C9H16N2OS.C9H11NO2S/c2*1-4-6(2)9(11)10-12-8(5-14-10)7(3)13;1-4-6(2)9(13)10-11-8(5-14-10)7(3)12;1-5(2)8(10)9-11-7(4-13-9)6(3)12;1-5(2)8(12)9-10-7(4-13-9)6(3)11/h2*6,8-9H,4-5,11H2,1-3H3;5-6H,4H2,1-3H3;5,7-8H,4,10H2,1-3H3;4-5H,1-3H3/t6?,8-,9+;6?,8-,9-;;7-,8-;/m00.0./s1. The number of thiazole rings is 2. The number of thioether (sulfide) groups is 3. The Morgan fingerprint density at radius 3 is 1.09 bits per heavy atom. The minimum absolute atomic E-state index is 0.00231. The molecule has 0 radical (unpaired) electrons. The lowest BCUT2D eigenvalue weighted by Crippen LogP contribution is -2.34. The van der Waals surface area contributed by atoms with Crippen LogP contribution in [0.1, 0.15) is 164 Å². The summed E-state index contributed by atoms with van der Waals surface area (Å²) in [6.07, 6.45) is 2.89. The lowest BCUT2D eigenvalue weighted by molar-refractivity contribution is -0.118. The van der Waals surface area contributed by atoms with E-state index < -0.39 is 0 Å². The van der Waals surface area contributed by atoms with E-state index in [2.05, 4.69) is 66.5 Å². The predicted octanol–water partition coefficient (Wildman–Crippen LogP) is 8.76. The predicted molar refractivity (Wildman–Crippen MR) is 288 cm³/mol. The van der Waals surface area contributed by atoms with Gasteiger partial charge in [-0.15, -0.1) is 58.0 Å². The highest BCUT2D eigenvalue weighted by molar-refractivity contribution is 8.15. The minimum Gasteiger partial charge on any atom is -0.322 e. The van der Waals surface area contributed by atoms with E-state index in [1.165, 1.54) is 36.5 Å².